The van der Waals surface area contributed by atoms with E-state index in [0.29, 0.717) is 18.5 Å². The lowest BCUT2D eigenvalue weighted by Gasteiger charge is -2.19. The molecule has 2 N–H and O–H groups in total. The fourth-order valence-electron chi connectivity index (χ4n) is 1.50. The smallest absolute Gasteiger partial charge is 0.0687 e. The lowest BCUT2D eigenvalue weighted by atomic mass is 10.1. The third-order valence-corrected chi connectivity index (χ3v) is 2.74. The number of nitrogens with one attached hydrogen (secondary N) is 1. The van der Waals surface area contributed by atoms with E-state index >= 15 is 0 Å². The predicted molar refractivity (Wildman–Crippen MR) is 66.3 cm³/mol. The van der Waals surface area contributed by atoms with Crippen LogP contribution in [0.5, 0.6) is 0 Å². The molecule has 2 atom stereocenters. The summed E-state index contributed by atoms with van der Waals surface area (Å²) >= 11 is 0. The largest absolute Gasteiger partial charge is 0.392 e. The van der Waals surface area contributed by atoms with Crippen molar-refractivity contribution in [3.8, 4) is 0 Å². The second-order valence-corrected chi connectivity index (χ2v) is 4.68. The molecule has 1 aromatic heterocycles. The first-order valence-electron chi connectivity index (χ1n) is 5.90. The zero-order valence-electron chi connectivity index (χ0n) is 10.4. The predicted octanol–water partition coefficient (Wildman–Crippen LogP) is 1.62. The van der Waals surface area contributed by atoms with E-state index in [0.717, 1.165) is 6.42 Å². The van der Waals surface area contributed by atoms with Gasteiger partial charge in [-0.3, -0.25) is 4.98 Å². The van der Waals surface area contributed by atoms with Gasteiger partial charge in [0.2, 0.25) is 0 Å². The summed E-state index contributed by atoms with van der Waals surface area (Å²) in [5, 5.41) is 13.0. The highest BCUT2D eigenvalue weighted by Gasteiger charge is 2.10. The summed E-state index contributed by atoms with van der Waals surface area (Å²) in [5.41, 5.74) is 1.27. The summed E-state index contributed by atoms with van der Waals surface area (Å²) in [7, 11) is 0. The molecule has 0 saturated heterocycles. The first kappa shape index (κ1) is 13.1. The second-order valence-electron chi connectivity index (χ2n) is 4.68. The van der Waals surface area contributed by atoms with Crippen LogP contribution in [0.25, 0.3) is 0 Å². The minimum atomic E-state index is -0.264. The number of rotatable bonds is 6. The Labute approximate surface area is 97.9 Å². The van der Waals surface area contributed by atoms with Crippen LogP contribution in [0.3, 0.4) is 0 Å². The maximum absolute atomic E-state index is 9.67. The van der Waals surface area contributed by atoms with Crippen LogP contribution in [0.1, 0.15) is 26.3 Å². The number of hydrogen-bond acceptors (Lipinski definition) is 3. The van der Waals surface area contributed by atoms with Gasteiger partial charge in [0, 0.05) is 25.0 Å². The molecular formula is C13H22N2O. The minimum absolute atomic E-state index is 0.264. The van der Waals surface area contributed by atoms with Crippen molar-refractivity contribution in [1.29, 1.82) is 0 Å². The molecule has 1 heterocycles. The van der Waals surface area contributed by atoms with Crippen LogP contribution in [-0.4, -0.2) is 28.8 Å². The Morgan fingerprint density at radius 2 is 1.88 bits per heavy atom. The molecule has 3 nitrogen and oxygen atoms in total. The Morgan fingerprint density at radius 1 is 1.25 bits per heavy atom. The van der Waals surface area contributed by atoms with Crippen molar-refractivity contribution >= 4 is 0 Å². The van der Waals surface area contributed by atoms with Crippen LogP contribution in [0, 0.1) is 5.92 Å². The van der Waals surface area contributed by atoms with Crippen LogP contribution in [0.15, 0.2) is 24.5 Å². The average molecular weight is 222 g/mol. The van der Waals surface area contributed by atoms with Gasteiger partial charge in [0.05, 0.1) is 6.10 Å². The first-order valence-corrected chi connectivity index (χ1v) is 5.90. The number of pyridine rings is 1. The van der Waals surface area contributed by atoms with Crippen molar-refractivity contribution in [2.45, 2.75) is 39.3 Å². The molecule has 0 aliphatic carbocycles. The lowest BCUT2D eigenvalue weighted by molar-refractivity contribution is 0.120. The molecule has 0 bridgehead atoms. The Balaban J connectivity index is 2.29. The van der Waals surface area contributed by atoms with Crippen molar-refractivity contribution in [3.63, 3.8) is 0 Å². The molecule has 3 heteroatoms. The van der Waals surface area contributed by atoms with Gasteiger partial charge in [-0.05, 0) is 37.0 Å². The number of aliphatic hydroxyl groups excluding tert-OH is 1. The van der Waals surface area contributed by atoms with E-state index < -0.39 is 0 Å². The van der Waals surface area contributed by atoms with Gasteiger partial charge in [0.15, 0.2) is 0 Å². The number of aliphatic hydroxyl groups is 1. The van der Waals surface area contributed by atoms with Gasteiger partial charge in [0.1, 0.15) is 0 Å². The molecule has 0 aliphatic heterocycles. The summed E-state index contributed by atoms with van der Waals surface area (Å²) < 4.78 is 0. The molecule has 0 amide bonds. The molecule has 0 saturated carbocycles. The zero-order chi connectivity index (χ0) is 12.0. The first-order chi connectivity index (χ1) is 7.59. The van der Waals surface area contributed by atoms with Crippen LogP contribution in [-0.2, 0) is 6.42 Å². The van der Waals surface area contributed by atoms with Crippen molar-refractivity contribution < 1.29 is 5.11 Å². The molecule has 0 spiro atoms. The third-order valence-electron chi connectivity index (χ3n) is 2.74. The Bertz CT molecular complexity index is 287. The van der Waals surface area contributed by atoms with Crippen LogP contribution >= 0.6 is 0 Å². The van der Waals surface area contributed by atoms with Gasteiger partial charge < -0.3 is 10.4 Å². The van der Waals surface area contributed by atoms with Gasteiger partial charge in [-0.15, -0.1) is 0 Å². The summed E-state index contributed by atoms with van der Waals surface area (Å²) in [6.45, 7) is 6.84. The molecule has 0 radical (unpaired) electrons. The molecule has 16 heavy (non-hydrogen) atoms. The van der Waals surface area contributed by atoms with E-state index in [9.17, 15) is 5.11 Å². The quantitative estimate of drug-likeness (QED) is 0.769. The monoisotopic (exact) mass is 222 g/mol. The lowest BCUT2D eigenvalue weighted by Crippen LogP contribution is -2.37. The maximum Gasteiger partial charge on any atom is 0.0687 e. The van der Waals surface area contributed by atoms with Crippen molar-refractivity contribution in [1.82, 2.24) is 10.3 Å². The molecule has 90 valence electrons. The van der Waals surface area contributed by atoms with E-state index in [1.165, 1.54) is 5.56 Å². The van der Waals surface area contributed by atoms with Crippen molar-refractivity contribution in [2.24, 2.45) is 5.92 Å². The molecular weight excluding hydrogens is 200 g/mol. The average Bonchev–Trinajstić information content (AvgIpc) is 2.27. The Kier molecular flexibility index (Phi) is 5.43. The molecule has 2 unspecified atom stereocenters. The molecule has 0 fully saturated rings. The van der Waals surface area contributed by atoms with Crippen molar-refractivity contribution in [2.75, 3.05) is 6.54 Å². The highest BCUT2D eigenvalue weighted by Crippen LogP contribution is 2.03. The Hall–Kier alpha value is -0.930. The van der Waals surface area contributed by atoms with Gasteiger partial charge in [-0.2, -0.15) is 0 Å². The van der Waals surface area contributed by atoms with Crippen LogP contribution < -0.4 is 5.32 Å². The van der Waals surface area contributed by atoms with Gasteiger partial charge in [-0.25, -0.2) is 0 Å². The fourth-order valence-corrected chi connectivity index (χ4v) is 1.50. The van der Waals surface area contributed by atoms with E-state index in [-0.39, 0.29) is 6.10 Å². The number of hydrogen-bond donors (Lipinski definition) is 2. The molecule has 1 aromatic rings. The SMILES string of the molecule is CC(Cc1ccncc1)NCC(O)C(C)C. The topological polar surface area (TPSA) is 45.2 Å². The highest BCUT2D eigenvalue weighted by atomic mass is 16.3. The minimum Gasteiger partial charge on any atom is -0.392 e. The van der Waals surface area contributed by atoms with E-state index in [2.05, 4.69) is 17.2 Å². The van der Waals surface area contributed by atoms with Crippen LogP contribution in [0.4, 0.5) is 0 Å². The van der Waals surface area contributed by atoms with E-state index in [4.69, 9.17) is 0 Å². The molecule has 1 rings (SSSR count). The number of nitrogens with zero attached hydrogens (tertiary/aromatic N) is 1. The summed E-state index contributed by atoms with van der Waals surface area (Å²) in [4.78, 5) is 3.99. The second kappa shape index (κ2) is 6.61. The summed E-state index contributed by atoms with van der Waals surface area (Å²) in [6.07, 6.45) is 4.32. The maximum atomic E-state index is 9.67. The number of aromatic nitrogens is 1. The van der Waals surface area contributed by atoms with E-state index in [1.807, 2.05) is 38.4 Å². The van der Waals surface area contributed by atoms with Crippen LogP contribution in [0.2, 0.25) is 0 Å². The summed E-state index contributed by atoms with van der Waals surface area (Å²) in [5.74, 6) is 0.306. The van der Waals surface area contributed by atoms with Gasteiger partial charge in [0.25, 0.3) is 0 Å². The highest BCUT2D eigenvalue weighted by molar-refractivity contribution is 5.10. The summed E-state index contributed by atoms with van der Waals surface area (Å²) in [6, 6.07) is 4.42. The van der Waals surface area contributed by atoms with E-state index in [1.54, 1.807) is 0 Å². The van der Waals surface area contributed by atoms with Gasteiger partial charge in [-0.1, -0.05) is 13.8 Å². The van der Waals surface area contributed by atoms with Crippen molar-refractivity contribution in [3.05, 3.63) is 30.1 Å². The molecule has 0 aromatic carbocycles. The standard InChI is InChI=1S/C13H22N2O/c1-10(2)13(16)9-15-11(3)8-12-4-6-14-7-5-12/h4-7,10-11,13,15-16H,8-9H2,1-3H3. The zero-order valence-corrected chi connectivity index (χ0v) is 10.4. The van der Waals surface area contributed by atoms with Gasteiger partial charge >= 0.3 is 0 Å². The third kappa shape index (κ3) is 4.73. The fraction of sp³-hybridized carbons (Fsp3) is 0.615. The molecule has 0 aliphatic rings. The normalized spacial score (nSPS) is 15.1. The Morgan fingerprint density at radius 3 is 2.44 bits per heavy atom.